The first-order valence-corrected chi connectivity index (χ1v) is 48.7. The van der Waals surface area contributed by atoms with Gasteiger partial charge in [0.15, 0.2) is 75.6 Å². The molecular formula is C96H110BrN19O21S3. The van der Waals surface area contributed by atoms with E-state index in [4.69, 9.17) is 63.1 Å². The van der Waals surface area contributed by atoms with E-state index in [1.54, 1.807) is 206 Å². The van der Waals surface area contributed by atoms with Crippen molar-refractivity contribution in [3.8, 4) is 114 Å². The number of carbonyl (C=O) groups is 5. The Kier molecular flexibility index (Phi) is 33.9. The quantitative estimate of drug-likeness (QED) is 0.0419. The second-order valence-corrected chi connectivity index (χ2v) is 44.3. The summed E-state index contributed by atoms with van der Waals surface area (Å²) in [5, 5.41) is 26.5. The summed E-state index contributed by atoms with van der Waals surface area (Å²) in [6.45, 7) is 35.9. The molecule has 0 fully saturated rings. The molecule has 140 heavy (non-hydrogen) atoms. The molecule has 0 unspecified atom stereocenters. The normalized spacial score (nSPS) is 11.8. The van der Waals surface area contributed by atoms with Gasteiger partial charge in [-0.1, -0.05) is 48.5 Å². The van der Waals surface area contributed by atoms with E-state index in [9.17, 15) is 49.2 Å². The Balaban J connectivity index is 0.000000206. The Hall–Kier alpha value is -14.5. The lowest BCUT2D eigenvalue weighted by molar-refractivity contribution is 0.0406. The molecule has 0 aliphatic rings. The number of aromatic nitrogens is 14. The zero-order chi connectivity index (χ0) is 103. The Morgan fingerprint density at radius 2 is 0.700 bits per heavy atom. The van der Waals surface area contributed by atoms with Crippen LogP contribution in [0.1, 0.15) is 157 Å². The van der Waals surface area contributed by atoms with Gasteiger partial charge in [0.25, 0.3) is 17.7 Å². The van der Waals surface area contributed by atoms with Gasteiger partial charge < -0.3 is 63.2 Å². The fraction of sp³-hybridized carbons (Fsp3) is 0.344. The minimum absolute atomic E-state index is 0.0203. The van der Waals surface area contributed by atoms with Crippen LogP contribution in [-0.4, -0.2) is 193 Å². The molecule has 0 bridgehead atoms. The minimum atomic E-state index is -3.51. The van der Waals surface area contributed by atoms with E-state index < -0.39 is 98.0 Å². The number of amides is 4. The number of esters is 1. The maximum atomic E-state index is 13.6. The van der Waals surface area contributed by atoms with Crippen molar-refractivity contribution in [2.24, 2.45) is 0 Å². The second-order valence-electron chi connectivity index (χ2n) is 36.0. The SMILES string of the molecule is CNCc1ccc(-c2nnc(-c3nc(-c4ccc(S(=O)(=O)C(C)C)cc4)cnc3N(C(=O)OC(C)(C)C)C(=O)OC(C)(C)C)o2)c(C)c1.COC(=O)c1nc(Br)cnc1N.COc1ccc(-c2nnc(-c3nc(-c4ccc(S(=O)(=O)C(C)C)cc4)cnc3N(C(=O)OC(C)(C)C)C(=O)OC(C)(C)C)o2)c(C)c1.COc1ccc(-c2nnc(-c3nc(-c4ccc(S(=O)(=O)C(C)C)cc4)cnc3N)o2)c(C)c1. The summed E-state index contributed by atoms with van der Waals surface area (Å²) in [6.07, 6.45) is 1.34. The summed E-state index contributed by atoms with van der Waals surface area (Å²) in [5.74, 6) is 0.909. The van der Waals surface area contributed by atoms with Crippen molar-refractivity contribution in [3.63, 3.8) is 0 Å². The summed E-state index contributed by atoms with van der Waals surface area (Å²) in [5.41, 5.74) is 16.0. The highest BCUT2D eigenvalue weighted by Gasteiger charge is 2.41. The van der Waals surface area contributed by atoms with Crippen LogP contribution in [0.4, 0.5) is 42.4 Å². The molecule has 44 heteroatoms. The third-order valence-corrected chi connectivity index (χ3v) is 26.5. The topological polar surface area (TPSA) is 543 Å². The molecule has 0 atom stereocenters. The van der Waals surface area contributed by atoms with Crippen LogP contribution in [0.3, 0.4) is 0 Å². The number of halogens is 1. The standard InChI is InChI=1S/C34H42N6O7S.C33H39N5O8S.C23H23N5O4S.C6H6BrN3O2/c1-20(2)48(43,44)24-14-12-23(13-15-24)26-19-36-28(40(31(41)46-33(4,5)6)32(42)47-34(7,8)9)27(37-26)30-39-38-29(45-30)25-16-11-22(18-35-10)17-21(25)3;1-19(2)47(41,42)23-14-11-21(12-15-23)25-18-34-27(38(30(39)45-32(4,5)6)31(40)46-33(7,8)9)26(35-25)29-37-36-28(44-29)24-16-13-22(43-10)17-20(24)3;1-13(2)33(29,30)17-8-5-15(6-9-17)19-12-25-21(24)20(26-19)23-28-27-22(32-23)18-10-7-16(31-4)11-14(18)3;1-12-6(11)4-5(8)9-2-3(7)10-4/h11-17,19-20,35H,18H2,1-10H3;11-19H,1-10H3;5-13H,1-4H3,(H2,24,25);2H,1H3,(H2,8,9). The molecule has 0 aliphatic carbocycles. The maximum Gasteiger partial charge on any atom is 0.425 e. The van der Waals surface area contributed by atoms with Gasteiger partial charge in [-0.3, -0.25) is 0 Å². The van der Waals surface area contributed by atoms with E-state index in [0.29, 0.717) is 66.1 Å². The largest absolute Gasteiger partial charge is 0.497 e. The van der Waals surface area contributed by atoms with Crippen LogP contribution < -0.4 is 36.1 Å². The Labute approximate surface area is 818 Å². The third kappa shape index (κ3) is 26.9. The van der Waals surface area contributed by atoms with Crippen molar-refractivity contribution in [2.45, 2.75) is 205 Å². The van der Waals surface area contributed by atoms with Gasteiger partial charge in [-0.05, 0) is 269 Å². The Morgan fingerprint density at radius 1 is 0.400 bits per heavy atom. The number of hydrogen-bond donors (Lipinski definition) is 3. The average molecular weight is 2040 g/mol. The average Bonchev–Trinajstić information content (AvgIpc) is 1.39. The van der Waals surface area contributed by atoms with Crippen molar-refractivity contribution in [1.29, 1.82) is 0 Å². The molecule has 0 spiro atoms. The molecule has 4 amide bonds. The molecule has 0 aliphatic heterocycles. The number of nitrogens with zero attached hydrogens (tertiary/aromatic N) is 16. The molecule has 7 aromatic heterocycles. The number of nitrogen functional groups attached to an aromatic ring is 2. The molecule has 0 saturated heterocycles. The highest BCUT2D eigenvalue weighted by Crippen LogP contribution is 2.40. The van der Waals surface area contributed by atoms with Gasteiger partial charge in [-0.15, -0.1) is 30.6 Å². The molecular weight excluding hydrogens is 1930 g/mol. The number of methoxy groups -OCH3 is 3. The predicted molar refractivity (Wildman–Crippen MR) is 525 cm³/mol. The zero-order valence-corrected chi connectivity index (χ0v) is 85.9. The Morgan fingerprint density at radius 3 is 1.00 bits per heavy atom. The van der Waals surface area contributed by atoms with Crippen LogP contribution in [-0.2, 0) is 59.7 Å². The monoisotopic (exact) mass is 2040 g/mol. The summed E-state index contributed by atoms with van der Waals surface area (Å²) >= 11 is 3.06. The first-order chi connectivity index (χ1) is 65.5. The number of sulfone groups is 3. The summed E-state index contributed by atoms with van der Waals surface area (Å²) in [4.78, 5) is 102. The summed E-state index contributed by atoms with van der Waals surface area (Å²) in [7, 11) is -4.11. The summed E-state index contributed by atoms with van der Waals surface area (Å²) < 4.78 is 131. The lowest BCUT2D eigenvalue weighted by atomic mass is 10.1. The van der Waals surface area contributed by atoms with Crippen LogP contribution in [0, 0.1) is 20.8 Å². The van der Waals surface area contributed by atoms with Gasteiger partial charge in [-0.25, -0.2) is 89.1 Å². The van der Waals surface area contributed by atoms with Crippen molar-refractivity contribution in [3.05, 3.63) is 185 Å². The number of anilines is 4. The van der Waals surface area contributed by atoms with E-state index in [-0.39, 0.29) is 102 Å². The summed E-state index contributed by atoms with van der Waals surface area (Å²) in [6, 6.07) is 35.4. The third-order valence-electron chi connectivity index (χ3n) is 19.6. The molecule has 40 nitrogen and oxygen atoms in total. The number of rotatable bonds is 22. The second kappa shape index (κ2) is 44.1. The van der Waals surface area contributed by atoms with Crippen LogP contribution >= 0.6 is 15.9 Å². The van der Waals surface area contributed by atoms with Gasteiger partial charge in [0.1, 0.15) is 38.5 Å². The number of carbonyl (C=O) groups excluding carboxylic acids is 5. The number of imide groups is 2. The number of aryl methyl sites for hydroxylation is 3. The van der Waals surface area contributed by atoms with E-state index in [1.807, 2.05) is 64.2 Å². The molecule has 5 N–H and O–H groups in total. The van der Waals surface area contributed by atoms with Crippen LogP contribution in [0.2, 0.25) is 0 Å². The molecule has 6 aromatic carbocycles. The maximum absolute atomic E-state index is 13.6. The van der Waals surface area contributed by atoms with Gasteiger partial charge in [0.2, 0.25) is 17.7 Å². The predicted octanol–water partition coefficient (Wildman–Crippen LogP) is 18.3. The molecule has 0 saturated carbocycles. The number of ether oxygens (including phenoxy) is 7. The first-order valence-electron chi connectivity index (χ1n) is 43.3. The highest BCUT2D eigenvalue weighted by atomic mass is 79.9. The Bertz CT molecular complexity index is 7020. The van der Waals surface area contributed by atoms with Crippen LogP contribution in [0.15, 0.2) is 185 Å². The number of nitrogens with two attached hydrogens (primary N) is 2. The van der Waals surface area contributed by atoms with Crippen LogP contribution in [0.25, 0.3) is 103 Å². The van der Waals surface area contributed by atoms with E-state index in [2.05, 4.69) is 86.5 Å². The molecule has 0 radical (unpaired) electrons. The van der Waals surface area contributed by atoms with Gasteiger partial charge in [-0.2, -0.15) is 9.80 Å². The van der Waals surface area contributed by atoms with Crippen LogP contribution in [0.5, 0.6) is 11.5 Å². The number of hydrogen-bond acceptors (Lipinski definition) is 38. The minimum Gasteiger partial charge on any atom is -0.497 e. The van der Waals surface area contributed by atoms with Crippen molar-refractivity contribution in [1.82, 2.24) is 75.8 Å². The van der Waals surface area contributed by atoms with Gasteiger partial charge >= 0.3 is 30.3 Å². The van der Waals surface area contributed by atoms with Crippen molar-refractivity contribution < 1.29 is 95.6 Å². The lowest BCUT2D eigenvalue weighted by Crippen LogP contribution is -2.44. The smallest absolute Gasteiger partial charge is 0.425 e. The van der Waals surface area contributed by atoms with Gasteiger partial charge in [0.05, 0.1) is 93.6 Å². The van der Waals surface area contributed by atoms with Gasteiger partial charge in [0, 0.05) is 39.9 Å². The zero-order valence-electron chi connectivity index (χ0n) is 81.9. The number of nitrogens with one attached hydrogen (secondary N) is 1. The first kappa shape index (κ1) is 108. The van der Waals surface area contributed by atoms with Crippen molar-refractivity contribution in [2.75, 3.05) is 49.6 Å². The molecule has 13 aromatic rings. The molecule has 7 heterocycles. The fourth-order valence-electron chi connectivity index (χ4n) is 12.5. The molecule has 740 valence electrons. The van der Waals surface area contributed by atoms with Crippen molar-refractivity contribution >= 4 is 99.1 Å². The van der Waals surface area contributed by atoms with E-state index >= 15 is 0 Å². The van der Waals surface area contributed by atoms with E-state index in [0.717, 1.165) is 33.6 Å². The lowest BCUT2D eigenvalue weighted by Gasteiger charge is -2.28. The highest BCUT2D eigenvalue weighted by molar-refractivity contribution is 9.10. The van der Waals surface area contributed by atoms with E-state index in [1.165, 1.54) is 56.2 Å². The molecule has 13 rings (SSSR count). The fourth-order valence-corrected chi connectivity index (χ4v) is 16.0. The number of benzene rings is 6.